The van der Waals surface area contributed by atoms with Gasteiger partial charge in [-0.05, 0) is 42.5 Å². The van der Waals surface area contributed by atoms with Gasteiger partial charge in [-0.3, -0.25) is 4.79 Å². The molecule has 0 aliphatic heterocycles. The number of hydrogen-bond acceptors (Lipinski definition) is 1. The van der Waals surface area contributed by atoms with Crippen LogP contribution in [0.3, 0.4) is 0 Å². The molecule has 2 rings (SSSR count). The standard InChI is InChI=1S/C15H18Cl2O2/c1-10-7-11(9-13(18)19)8-12(16)14(10)15(17)5-3-2-4-6-15/h7-8H,2-6,9H2,1H3,(H,18,19). The normalized spacial score (nSPS) is 18.3. The second-order valence-electron chi connectivity index (χ2n) is 5.37. The first-order valence-electron chi connectivity index (χ1n) is 6.62. The van der Waals surface area contributed by atoms with Crippen LogP contribution in [0, 0.1) is 6.92 Å². The Morgan fingerprint density at radius 1 is 1.32 bits per heavy atom. The molecule has 19 heavy (non-hydrogen) atoms. The average Bonchev–Trinajstić information content (AvgIpc) is 2.27. The predicted molar refractivity (Wildman–Crippen MR) is 78.1 cm³/mol. The van der Waals surface area contributed by atoms with Gasteiger partial charge in [-0.15, -0.1) is 11.6 Å². The van der Waals surface area contributed by atoms with E-state index in [9.17, 15) is 4.79 Å². The molecule has 1 fully saturated rings. The van der Waals surface area contributed by atoms with Gasteiger partial charge in [0.2, 0.25) is 0 Å². The molecule has 0 bridgehead atoms. The Balaban J connectivity index is 2.38. The van der Waals surface area contributed by atoms with Gasteiger partial charge in [0, 0.05) is 5.02 Å². The van der Waals surface area contributed by atoms with Crippen LogP contribution >= 0.6 is 23.2 Å². The Labute approximate surface area is 123 Å². The molecule has 0 saturated heterocycles. The van der Waals surface area contributed by atoms with E-state index in [-0.39, 0.29) is 11.3 Å². The van der Waals surface area contributed by atoms with E-state index in [2.05, 4.69) is 0 Å². The first-order valence-corrected chi connectivity index (χ1v) is 7.38. The van der Waals surface area contributed by atoms with Crippen LogP contribution in [0.5, 0.6) is 0 Å². The van der Waals surface area contributed by atoms with E-state index in [1.54, 1.807) is 6.07 Å². The lowest BCUT2D eigenvalue weighted by atomic mass is 9.81. The molecule has 0 spiro atoms. The van der Waals surface area contributed by atoms with Crippen LogP contribution in [0.15, 0.2) is 12.1 Å². The first-order chi connectivity index (χ1) is 8.92. The Hall–Kier alpha value is -0.730. The molecule has 1 N–H and O–H groups in total. The molecule has 1 saturated carbocycles. The van der Waals surface area contributed by atoms with Crippen LogP contribution in [-0.4, -0.2) is 11.1 Å². The number of carbonyl (C=O) groups is 1. The molecule has 104 valence electrons. The molecule has 1 aliphatic rings. The smallest absolute Gasteiger partial charge is 0.307 e. The van der Waals surface area contributed by atoms with E-state index in [1.165, 1.54) is 6.42 Å². The zero-order valence-electron chi connectivity index (χ0n) is 11.0. The number of aryl methyl sites for hydroxylation is 1. The third-order valence-corrected chi connectivity index (χ3v) is 4.66. The SMILES string of the molecule is Cc1cc(CC(=O)O)cc(Cl)c1C1(Cl)CCCCC1. The molecule has 0 radical (unpaired) electrons. The summed E-state index contributed by atoms with van der Waals surface area (Å²) < 4.78 is 0. The molecular formula is C15H18Cl2O2. The molecule has 0 atom stereocenters. The molecular weight excluding hydrogens is 283 g/mol. The van der Waals surface area contributed by atoms with E-state index in [4.69, 9.17) is 28.3 Å². The summed E-state index contributed by atoms with van der Waals surface area (Å²) in [5, 5.41) is 9.45. The van der Waals surface area contributed by atoms with Gasteiger partial charge in [0.1, 0.15) is 0 Å². The number of alkyl halides is 1. The zero-order valence-corrected chi connectivity index (χ0v) is 12.5. The Morgan fingerprint density at radius 3 is 2.47 bits per heavy atom. The molecule has 0 heterocycles. The monoisotopic (exact) mass is 300 g/mol. The fourth-order valence-electron chi connectivity index (χ4n) is 3.02. The van der Waals surface area contributed by atoms with E-state index in [0.29, 0.717) is 5.02 Å². The van der Waals surface area contributed by atoms with Crippen LogP contribution < -0.4 is 0 Å². The van der Waals surface area contributed by atoms with Gasteiger partial charge in [0.05, 0.1) is 11.3 Å². The van der Waals surface area contributed by atoms with Crippen molar-refractivity contribution in [3.05, 3.63) is 33.8 Å². The number of benzene rings is 1. The molecule has 1 aromatic rings. The first kappa shape index (κ1) is 14.7. The third kappa shape index (κ3) is 3.24. The largest absolute Gasteiger partial charge is 0.481 e. The van der Waals surface area contributed by atoms with E-state index in [0.717, 1.165) is 42.4 Å². The topological polar surface area (TPSA) is 37.3 Å². The third-order valence-electron chi connectivity index (χ3n) is 3.80. The van der Waals surface area contributed by atoms with Gasteiger partial charge in [0.15, 0.2) is 0 Å². The van der Waals surface area contributed by atoms with Crippen LogP contribution in [-0.2, 0) is 16.1 Å². The minimum atomic E-state index is -0.846. The maximum atomic E-state index is 10.8. The van der Waals surface area contributed by atoms with Gasteiger partial charge in [-0.2, -0.15) is 0 Å². The van der Waals surface area contributed by atoms with Gasteiger partial charge < -0.3 is 5.11 Å². The van der Waals surface area contributed by atoms with Crippen molar-refractivity contribution in [2.75, 3.05) is 0 Å². The highest BCUT2D eigenvalue weighted by molar-refractivity contribution is 6.33. The molecule has 0 aromatic heterocycles. The summed E-state index contributed by atoms with van der Waals surface area (Å²) in [7, 11) is 0. The van der Waals surface area contributed by atoms with Crippen LogP contribution in [0.1, 0.15) is 48.8 Å². The van der Waals surface area contributed by atoms with Crippen molar-refractivity contribution in [3.8, 4) is 0 Å². The van der Waals surface area contributed by atoms with Crippen molar-refractivity contribution in [1.82, 2.24) is 0 Å². The lowest BCUT2D eigenvalue weighted by Crippen LogP contribution is -2.24. The minimum absolute atomic E-state index is 0.00384. The number of aliphatic carboxylic acids is 1. The highest BCUT2D eigenvalue weighted by atomic mass is 35.5. The lowest BCUT2D eigenvalue weighted by Gasteiger charge is -2.33. The lowest BCUT2D eigenvalue weighted by molar-refractivity contribution is -0.136. The number of hydrogen-bond donors (Lipinski definition) is 1. The molecule has 2 nitrogen and oxygen atoms in total. The Morgan fingerprint density at radius 2 is 1.95 bits per heavy atom. The quantitative estimate of drug-likeness (QED) is 0.823. The van der Waals surface area contributed by atoms with Crippen molar-refractivity contribution in [3.63, 3.8) is 0 Å². The van der Waals surface area contributed by atoms with Gasteiger partial charge >= 0.3 is 5.97 Å². The van der Waals surface area contributed by atoms with E-state index >= 15 is 0 Å². The van der Waals surface area contributed by atoms with E-state index in [1.807, 2.05) is 13.0 Å². The Bertz CT molecular complexity index is 468. The van der Waals surface area contributed by atoms with Crippen molar-refractivity contribution >= 4 is 29.2 Å². The zero-order chi connectivity index (χ0) is 14.0. The minimum Gasteiger partial charge on any atom is -0.481 e. The second-order valence-corrected chi connectivity index (χ2v) is 6.50. The molecule has 0 amide bonds. The van der Waals surface area contributed by atoms with Gasteiger partial charge in [-0.25, -0.2) is 0 Å². The summed E-state index contributed by atoms with van der Waals surface area (Å²) >= 11 is 13.1. The molecule has 0 unspecified atom stereocenters. The number of halogens is 2. The fourth-order valence-corrected chi connectivity index (χ4v) is 4.06. The van der Waals surface area contributed by atoms with Crippen molar-refractivity contribution in [1.29, 1.82) is 0 Å². The van der Waals surface area contributed by atoms with Crippen molar-refractivity contribution in [2.45, 2.75) is 50.3 Å². The summed E-state index contributed by atoms with van der Waals surface area (Å²) in [6.45, 7) is 1.96. The van der Waals surface area contributed by atoms with Crippen molar-refractivity contribution in [2.24, 2.45) is 0 Å². The summed E-state index contributed by atoms with van der Waals surface area (Å²) in [5.74, 6) is -0.846. The highest BCUT2D eigenvalue weighted by Gasteiger charge is 2.34. The maximum absolute atomic E-state index is 10.8. The van der Waals surface area contributed by atoms with Gasteiger partial charge in [0.25, 0.3) is 0 Å². The number of carboxylic acids is 1. The van der Waals surface area contributed by atoms with Crippen molar-refractivity contribution < 1.29 is 9.90 Å². The van der Waals surface area contributed by atoms with Gasteiger partial charge in [-0.1, -0.05) is 36.9 Å². The summed E-state index contributed by atoms with van der Waals surface area (Å²) in [5.41, 5.74) is 2.72. The maximum Gasteiger partial charge on any atom is 0.307 e. The second kappa shape index (κ2) is 5.72. The summed E-state index contributed by atoms with van der Waals surface area (Å²) in [6.07, 6.45) is 5.34. The average molecular weight is 301 g/mol. The van der Waals surface area contributed by atoms with Crippen LogP contribution in [0.4, 0.5) is 0 Å². The summed E-state index contributed by atoms with van der Waals surface area (Å²) in [4.78, 5) is 10.4. The summed E-state index contributed by atoms with van der Waals surface area (Å²) in [6, 6.07) is 3.64. The van der Waals surface area contributed by atoms with Crippen LogP contribution in [0.25, 0.3) is 0 Å². The van der Waals surface area contributed by atoms with E-state index < -0.39 is 5.97 Å². The number of rotatable bonds is 3. The molecule has 4 heteroatoms. The molecule has 1 aliphatic carbocycles. The highest BCUT2D eigenvalue weighted by Crippen LogP contribution is 2.47. The fraction of sp³-hybridized carbons (Fsp3) is 0.533. The predicted octanol–water partition coefficient (Wildman–Crippen LogP) is 4.67. The number of carboxylic acid groups (broad SMARTS) is 1. The van der Waals surface area contributed by atoms with Crippen LogP contribution in [0.2, 0.25) is 5.02 Å². The Kier molecular flexibility index (Phi) is 4.42. The molecule has 1 aromatic carbocycles.